The van der Waals surface area contributed by atoms with E-state index in [4.69, 9.17) is 16.9 Å². The van der Waals surface area contributed by atoms with Crippen LogP contribution >= 0.6 is 11.6 Å². The summed E-state index contributed by atoms with van der Waals surface area (Å²) >= 11 is 6.09. The Morgan fingerprint density at radius 3 is 2.53 bits per heavy atom. The lowest BCUT2D eigenvalue weighted by Crippen LogP contribution is -2.53. The first-order valence-corrected chi connectivity index (χ1v) is 13.3. The summed E-state index contributed by atoms with van der Waals surface area (Å²) in [6.07, 6.45) is 1.21. The largest absolute Gasteiger partial charge is 0.441 e. The van der Waals surface area contributed by atoms with E-state index in [1.807, 2.05) is 20.8 Å². The molecule has 186 valence electrons. The van der Waals surface area contributed by atoms with Gasteiger partial charge in [0, 0.05) is 12.0 Å². The molecule has 13 heteroatoms. The maximum atomic E-state index is 15.1. The molecule has 34 heavy (non-hydrogen) atoms. The number of pyridine rings is 1. The van der Waals surface area contributed by atoms with Gasteiger partial charge in [-0.15, -0.1) is 0 Å². The molecule has 2 aromatic rings. The van der Waals surface area contributed by atoms with Crippen LogP contribution in [0.25, 0.3) is 10.9 Å². The predicted molar refractivity (Wildman–Crippen MR) is 123 cm³/mol. The molecule has 0 aromatic carbocycles. The smallest absolute Gasteiger partial charge is 0.364 e. The highest BCUT2D eigenvalue weighted by atomic mass is 35.5. The number of rotatable bonds is 6. The number of nitrogens with one attached hydrogen (secondary N) is 1. The summed E-state index contributed by atoms with van der Waals surface area (Å²) in [5, 5.41) is 11.7. The van der Waals surface area contributed by atoms with Gasteiger partial charge in [0.05, 0.1) is 28.9 Å². The number of hydrogen-bond acceptors (Lipinski definition) is 9. The minimum absolute atomic E-state index is 0.0778. The molecular weight excluding hydrogens is 489 g/mol. The Labute approximate surface area is 201 Å². The summed E-state index contributed by atoms with van der Waals surface area (Å²) in [5.41, 5.74) is 0.220. The molecule has 0 spiro atoms. The first-order valence-electron chi connectivity index (χ1n) is 11.2. The van der Waals surface area contributed by atoms with E-state index in [0.29, 0.717) is 12.1 Å². The van der Waals surface area contributed by atoms with E-state index in [2.05, 4.69) is 25.2 Å². The van der Waals surface area contributed by atoms with Crippen molar-refractivity contribution in [3.63, 3.8) is 0 Å². The SMILES string of the molecule is CC[C@@H]([C@H]1Nc2nc(S(=O)(=O)CC)nc3c(F)c(Cl)nc(c23)[C@H](C)[C@@H]1C)N(C(=O)OO)C1CC1. The first kappa shape index (κ1) is 24.8. The van der Waals surface area contributed by atoms with Crippen molar-refractivity contribution >= 4 is 44.3 Å². The third-order valence-electron chi connectivity index (χ3n) is 6.92. The number of anilines is 1. The normalized spacial score (nSPS) is 23.2. The fourth-order valence-electron chi connectivity index (χ4n) is 4.73. The fraction of sp³-hybridized carbons (Fsp3) is 0.619. The van der Waals surface area contributed by atoms with Gasteiger partial charge in [0.25, 0.3) is 0 Å². The molecule has 10 nitrogen and oxygen atoms in total. The summed E-state index contributed by atoms with van der Waals surface area (Å²) in [4.78, 5) is 30.7. The number of halogens is 2. The first-order chi connectivity index (χ1) is 16.0. The predicted octanol–water partition coefficient (Wildman–Crippen LogP) is 4.00. The van der Waals surface area contributed by atoms with Gasteiger partial charge in [-0.25, -0.2) is 32.6 Å². The van der Waals surface area contributed by atoms with Crippen molar-refractivity contribution in [1.29, 1.82) is 0 Å². The van der Waals surface area contributed by atoms with Crippen molar-refractivity contribution in [1.82, 2.24) is 19.9 Å². The summed E-state index contributed by atoms with van der Waals surface area (Å²) in [6.45, 7) is 7.20. The van der Waals surface area contributed by atoms with Crippen LogP contribution in [0.15, 0.2) is 5.16 Å². The molecule has 2 aliphatic rings. The third kappa shape index (κ3) is 4.05. The van der Waals surface area contributed by atoms with Crippen LogP contribution in [0.4, 0.5) is 15.0 Å². The summed E-state index contributed by atoms with van der Waals surface area (Å²) in [7, 11) is -3.87. The number of nitrogens with zero attached hydrogens (tertiary/aromatic N) is 4. The van der Waals surface area contributed by atoms with E-state index in [9.17, 15) is 13.2 Å². The van der Waals surface area contributed by atoms with Gasteiger partial charge >= 0.3 is 6.09 Å². The van der Waals surface area contributed by atoms with Gasteiger partial charge < -0.3 is 5.32 Å². The maximum Gasteiger partial charge on any atom is 0.441 e. The number of hydrogen-bond donors (Lipinski definition) is 2. The Kier molecular flexibility index (Phi) is 6.60. The Hall–Kier alpha value is -2.31. The van der Waals surface area contributed by atoms with E-state index >= 15 is 4.39 Å². The number of carbonyl (C=O) groups excluding carboxylic acids is 1. The van der Waals surface area contributed by atoms with Crippen LogP contribution in [-0.4, -0.2) is 63.5 Å². The summed E-state index contributed by atoms with van der Waals surface area (Å²) < 4.78 is 40.3. The van der Waals surface area contributed by atoms with Crippen molar-refractivity contribution < 1.29 is 27.7 Å². The molecule has 1 amide bonds. The third-order valence-corrected chi connectivity index (χ3v) is 8.67. The van der Waals surface area contributed by atoms with E-state index in [0.717, 1.165) is 12.8 Å². The van der Waals surface area contributed by atoms with Crippen LogP contribution in [0.1, 0.15) is 58.6 Å². The lowest BCUT2D eigenvalue weighted by Gasteiger charge is -2.39. The van der Waals surface area contributed by atoms with Crippen LogP contribution < -0.4 is 5.32 Å². The lowest BCUT2D eigenvalue weighted by molar-refractivity contribution is -0.191. The topological polar surface area (TPSA) is 135 Å². The fourth-order valence-corrected chi connectivity index (χ4v) is 5.63. The standard InChI is InChI=1S/C21H27ClFN5O5S/c1-5-12(28(11-7-8-11)21(29)33-30)15-9(3)10(4)16-13-17(14(23)18(22)24-16)26-20(27-19(13)25-15)34(31,32)6-2/h9-12,15,30H,5-8H2,1-4H3,(H,25,26,27)/t9-,10+,12-,15-/m0/s1. The summed E-state index contributed by atoms with van der Waals surface area (Å²) in [6, 6.07) is -0.965. The Balaban J connectivity index is 1.94. The highest BCUT2D eigenvalue weighted by Gasteiger charge is 2.45. The van der Waals surface area contributed by atoms with Crippen molar-refractivity contribution in [3.8, 4) is 0 Å². The molecule has 0 saturated heterocycles. The molecule has 4 atom stereocenters. The molecule has 0 bridgehead atoms. The molecule has 2 N–H and O–H groups in total. The molecule has 0 unspecified atom stereocenters. The molecule has 2 aromatic heterocycles. The highest BCUT2D eigenvalue weighted by Crippen LogP contribution is 2.43. The van der Waals surface area contributed by atoms with Gasteiger partial charge in [-0.05, 0) is 25.2 Å². The van der Waals surface area contributed by atoms with Gasteiger partial charge in [-0.2, -0.15) is 5.26 Å². The average molecular weight is 516 g/mol. The monoisotopic (exact) mass is 515 g/mol. The van der Waals surface area contributed by atoms with Crippen molar-refractivity contribution in [2.75, 3.05) is 11.1 Å². The van der Waals surface area contributed by atoms with Crippen molar-refractivity contribution in [3.05, 3.63) is 16.7 Å². The Morgan fingerprint density at radius 2 is 1.97 bits per heavy atom. The zero-order valence-corrected chi connectivity index (χ0v) is 20.8. The second-order valence-corrected chi connectivity index (χ2v) is 11.4. The van der Waals surface area contributed by atoms with Crippen molar-refractivity contribution in [2.45, 2.75) is 76.2 Å². The highest BCUT2D eigenvalue weighted by molar-refractivity contribution is 7.91. The zero-order chi connectivity index (χ0) is 24.9. The van der Waals surface area contributed by atoms with E-state index in [1.54, 1.807) is 0 Å². The Bertz CT molecular complexity index is 1240. The number of carbonyl (C=O) groups is 1. The van der Waals surface area contributed by atoms with Crippen LogP contribution in [0.3, 0.4) is 0 Å². The van der Waals surface area contributed by atoms with Gasteiger partial charge in [-0.3, -0.25) is 9.79 Å². The number of amides is 1. The Morgan fingerprint density at radius 1 is 1.29 bits per heavy atom. The zero-order valence-electron chi connectivity index (χ0n) is 19.2. The van der Waals surface area contributed by atoms with Crippen LogP contribution in [0.2, 0.25) is 5.15 Å². The molecule has 1 aliphatic heterocycles. The molecule has 1 saturated carbocycles. The van der Waals surface area contributed by atoms with Crippen LogP contribution in [-0.2, 0) is 14.7 Å². The van der Waals surface area contributed by atoms with Gasteiger partial charge in [0.1, 0.15) is 11.3 Å². The molecular formula is C21H27ClFN5O5S. The van der Waals surface area contributed by atoms with Crippen LogP contribution in [0.5, 0.6) is 0 Å². The molecule has 3 heterocycles. The van der Waals surface area contributed by atoms with E-state index < -0.39 is 44.1 Å². The minimum Gasteiger partial charge on any atom is -0.364 e. The second-order valence-electron chi connectivity index (χ2n) is 8.87. The minimum atomic E-state index is -3.87. The second kappa shape index (κ2) is 9.04. The molecule has 1 aliphatic carbocycles. The van der Waals surface area contributed by atoms with Crippen LogP contribution in [0, 0.1) is 11.7 Å². The number of sulfone groups is 1. The maximum absolute atomic E-state index is 15.1. The van der Waals surface area contributed by atoms with Gasteiger partial charge in [0.15, 0.2) is 11.0 Å². The van der Waals surface area contributed by atoms with E-state index in [-0.39, 0.29) is 40.4 Å². The molecule has 0 radical (unpaired) electrons. The molecule has 4 rings (SSSR count). The summed E-state index contributed by atoms with van der Waals surface area (Å²) in [5.74, 6) is -1.54. The number of aromatic nitrogens is 3. The van der Waals surface area contributed by atoms with E-state index in [1.165, 1.54) is 11.8 Å². The van der Waals surface area contributed by atoms with Gasteiger partial charge in [-0.1, -0.05) is 39.3 Å². The van der Waals surface area contributed by atoms with Crippen molar-refractivity contribution in [2.24, 2.45) is 5.92 Å². The lowest BCUT2D eigenvalue weighted by atomic mass is 9.82. The van der Waals surface area contributed by atoms with Gasteiger partial charge in [0.2, 0.25) is 15.0 Å². The molecule has 1 fully saturated rings. The quantitative estimate of drug-likeness (QED) is 0.253. The average Bonchev–Trinajstić information content (AvgIpc) is 3.67.